The first-order valence-corrected chi connectivity index (χ1v) is 2.38. The molecule has 1 heterocycles. The summed E-state index contributed by atoms with van der Waals surface area (Å²) in [6.45, 7) is 0.885. The van der Waals surface area contributed by atoms with E-state index in [0.29, 0.717) is 0 Å². The second-order valence-electron chi connectivity index (χ2n) is 1.70. The number of halogens is 1. The number of allylic oxidation sites excluding steroid dienone is 1. The molecule has 1 aliphatic heterocycles. The third-order valence-electron chi connectivity index (χ3n) is 0.913. The van der Waals surface area contributed by atoms with E-state index in [4.69, 9.17) is 0 Å². The van der Waals surface area contributed by atoms with Crippen LogP contribution in [0.25, 0.3) is 0 Å². The Morgan fingerprint density at radius 2 is 2.38 bits per heavy atom. The van der Waals surface area contributed by atoms with Gasteiger partial charge in [-0.1, -0.05) is 0 Å². The molecule has 1 unspecified atom stereocenters. The monoisotopic (exact) mass is 132 g/mol. The Bertz CT molecular complexity index is 109. The van der Waals surface area contributed by atoms with Crippen LogP contribution in [0, 0.1) is 0 Å². The zero-order chi connectivity index (χ0) is 5.11. The van der Waals surface area contributed by atoms with Crippen LogP contribution in [0.5, 0.6) is 0 Å². The first-order valence-electron chi connectivity index (χ1n) is 2.38. The van der Waals surface area contributed by atoms with Crippen LogP contribution in [0.15, 0.2) is 17.3 Å². The molecule has 0 saturated heterocycles. The summed E-state index contributed by atoms with van der Waals surface area (Å²) < 4.78 is 0. The number of aliphatic imine (C=N–C) groups is 1. The normalized spacial score (nSPS) is 24.9. The summed E-state index contributed by atoms with van der Waals surface area (Å²) >= 11 is 0. The van der Waals surface area contributed by atoms with Gasteiger partial charge < -0.3 is 12.4 Å². The van der Waals surface area contributed by atoms with E-state index >= 15 is 0 Å². The van der Waals surface area contributed by atoms with Gasteiger partial charge in [-0.05, 0) is 0 Å². The molecule has 0 saturated carbocycles. The molecule has 0 aliphatic carbocycles. The summed E-state index contributed by atoms with van der Waals surface area (Å²) in [5.74, 6) is 0. The van der Waals surface area contributed by atoms with E-state index in [-0.39, 0.29) is 12.4 Å². The van der Waals surface area contributed by atoms with E-state index in [9.17, 15) is 0 Å². The molecule has 1 rings (SSSR count). The quantitative estimate of drug-likeness (QED) is 0.347. The zero-order valence-corrected chi connectivity index (χ0v) is 5.52. The molecule has 0 aromatic heterocycles. The molecule has 1 atom stereocenters. The Hall–Kier alpha value is -0.340. The fourth-order valence-corrected chi connectivity index (χ4v) is 0.518. The van der Waals surface area contributed by atoms with Gasteiger partial charge in [0.25, 0.3) is 0 Å². The summed E-state index contributed by atoms with van der Waals surface area (Å²) in [4.78, 5) is 5.34. The van der Waals surface area contributed by atoms with Crippen molar-refractivity contribution in [2.75, 3.05) is 13.7 Å². The number of nitrogens with zero attached hydrogens (tertiary/aromatic N) is 1. The first-order chi connectivity index (χ1) is 3.39. The average Bonchev–Trinajstić information content (AvgIpc) is 1.69. The minimum atomic E-state index is 0. The molecule has 8 heavy (non-hydrogen) atoms. The number of rotatable bonds is 0. The lowest BCUT2D eigenvalue weighted by atomic mass is 10.6. The maximum absolute atomic E-state index is 4.01. The van der Waals surface area contributed by atoms with Gasteiger partial charge in [0.1, 0.15) is 0 Å². The van der Waals surface area contributed by atoms with Gasteiger partial charge in [0.15, 0.2) is 6.67 Å². The van der Waals surface area contributed by atoms with E-state index in [1.807, 2.05) is 12.3 Å². The van der Waals surface area contributed by atoms with Crippen molar-refractivity contribution in [3.63, 3.8) is 0 Å². The Kier molecular flexibility index (Phi) is 3.48. The van der Waals surface area contributed by atoms with Gasteiger partial charge in [-0.15, -0.1) is 0 Å². The highest BCUT2D eigenvalue weighted by atomic mass is 35.5. The molecule has 1 aliphatic rings. The lowest BCUT2D eigenvalue weighted by Crippen LogP contribution is -3.04. The van der Waals surface area contributed by atoms with E-state index in [0.717, 1.165) is 6.67 Å². The summed E-state index contributed by atoms with van der Waals surface area (Å²) in [5, 5.41) is 0. The van der Waals surface area contributed by atoms with Crippen LogP contribution in [0.1, 0.15) is 0 Å². The zero-order valence-electron chi connectivity index (χ0n) is 4.76. The van der Waals surface area contributed by atoms with Gasteiger partial charge in [-0.25, -0.2) is 4.99 Å². The van der Waals surface area contributed by atoms with Crippen LogP contribution in [0.3, 0.4) is 0 Å². The van der Waals surface area contributed by atoms with Crippen molar-refractivity contribution >= 4 is 6.21 Å². The van der Waals surface area contributed by atoms with Crippen LogP contribution in [-0.4, -0.2) is 19.9 Å². The fourth-order valence-electron chi connectivity index (χ4n) is 0.518. The smallest absolute Gasteiger partial charge is 0.174 e. The lowest BCUT2D eigenvalue weighted by molar-refractivity contribution is -0.824. The van der Waals surface area contributed by atoms with E-state index in [1.165, 1.54) is 4.90 Å². The molecule has 1 N–H and O–H groups in total. The van der Waals surface area contributed by atoms with Crippen molar-refractivity contribution in [3.05, 3.63) is 12.3 Å². The summed E-state index contributed by atoms with van der Waals surface area (Å²) in [5.41, 5.74) is 0. The van der Waals surface area contributed by atoms with Crippen molar-refractivity contribution in [1.82, 2.24) is 0 Å². The van der Waals surface area contributed by atoms with Crippen molar-refractivity contribution in [1.29, 1.82) is 0 Å². The highest BCUT2D eigenvalue weighted by Crippen LogP contribution is 1.65. The largest absolute Gasteiger partial charge is 1.00 e. The number of quaternary nitrogens is 1. The predicted molar refractivity (Wildman–Crippen MR) is 29.4 cm³/mol. The average molecular weight is 133 g/mol. The van der Waals surface area contributed by atoms with E-state index in [1.54, 1.807) is 0 Å². The molecule has 2 nitrogen and oxygen atoms in total. The van der Waals surface area contributed by atoms with Crippen LogP contribution in [0.2, 0.25) is 0 Å². The fraction of sp³-hybridized carbons (Fsp3) is 0.400. The van der Waals surface area contributed by atoms with Crippen molar-refractivity contribution in [2.45, 2.75) is 0 Å². The minimum absolute atomic E-state index is 0. The molecule has 0 fully saturated rings. The molecule has 0 aromatic rings. The van der Waals surface area contributed by atoms with Gasteiger partial charge >= 0.3 is 0 Å². The van der Waals surface area contributed by atoms with Crippen molar-refractivity contribution in [3.8, 4) is 0 Å². The number of hydrogen-bond acceptors (Lipinski definition) is 1. The molecule has 0 radical (unpaired) electrons. The van der Waals surface area contributed by atoms with E-state index < -0.39 is 0 Å². The molecule has 0 bridgehead atoms. The summed E-state index contributed by atoms with van der Waals surface area (Å²) in [6.07, 6.45) is 5.86. The Morgan fingerprint density at radius 3 is 2.62 bits per heavy atom. The number of nitrogens with one attached hydrogen (secondary N) is 1. The Balaban J connectivity index is 0.000000490. The van der Waals surface area contributed by atoms with Gasteiger partial charge in [-0.3, -0.25) is 4.90 Å². The van der Waals surface area contributed by atoms with Crippen LogP contribution in [0.4, 0.5) is 0 Å². The van der Waals surface area contributed by atoms with Crippen LogP contribution >= 0.6 is 0 Å². The minimum Gasteiger partial charge on any atom is -1.00 e. The van der Waals surface area contributed by atoms with Gasteiger partial charge in [0.2, 0.25) is 0 Å². The molecule has 0 amide bonds. The van der Waals surface area contributed by atoms with Crippen molar-refractivity contribution < 1.29 is 17.3 Å². The topological polar surface area (TPSA) is 16.8 Å². The molecule has 3 heteroatoms. The second-order valence-corrected chi connectivity index (χ2v) is 1.70. The molecular weight excluding hydrogens is 124 g/mol. The van der Waals surface area contributed by atoms with Crippen molar-refractivity contribution in [2.24, 2.45) is 4.99 Å². The lowest BCUT2D eigenvalue weighted by Gasteiger charge is -2.04. The maximum atomic E-state index is 4.01. The molecule has 46 valence electrons. The highest BCUT2D eigenvalue weighted by Gasteiger charge is 1.92. The number of hydrogen-bond donors (Lipinski definition) is 1. The van der Waals surface area contributed by atoms with Gasteiger partial charge in [0.05, 0.1) is 13.2 Å². The third kappa shape index (κ3) is 2.09. The Labute approximate surface area is 55.3 Å². The van der Waals surface area contributed by atoms with E-state index in [2.05, 4.69) is 18.2 Å². The Morgan fingerprint density at radius 1 is 1.62 bits per heavy atom. The highest BCUT2D eigenvalue weighted by molar-refractivity contribution is 5.70. The second kappa shape index (κ2) is 3.64. The third-order valence-corrected chi connectivity index (χ3v) is 0.913. The molecule has 0 aromatic carbocycles. The summed E-state index contributed by atoms with van der Waals surface area (Å²) in [6, 6.07) is 0. The summed E-state index contributed by atoms with van der Waals surface area (Å²) in [7, 11) is 2.08. The van der Waals surface area contributed by atoms with Crippen LogP contribution in [-0.2, 0) is 0 Å². The SMILES string of the molecule is C[NH+]1C=CC=NC1.[Cl-]. The van der Waals surface area contributed by atoms with Crippen LogP contribution < -0.4 is 17.3 Å². The van der Waals surface area contributed by atoms with Gasteiger partial charge in [-0.2, -0.15) is 0 Å². The molecular formula is C5H9ClN2. The predicted octanol–water partition coefficient (Wildman–Crippen LogP) is -3.94. The molecule has 0 spiro atoms. The maximum Gasteiger partial charge on any atom is 0.174 e. The standard InChI is InChI=1S/C5H8N2.ClH/c1-7-4-2-3-6-5-7;/h2-4H,5H2,1H3;1H. The first kappa shape index (κ1) is 7.66. The van der Waals surface area contributed by atoms with Gasteiger partial charge in [0, 0.05) is 12.3 Å².